The minimum Gasteiger partial charge on any atom is -0.460 e. The van der Waals surface area contributed by atoms with Crippen LogP contribution < -0.4 is 0 Å². The van der Waals surface area contributed by atoms with E-state index in [2.05, 4.69) is 13.8 Å². The summed E-state index contributed by atoms with van der Waals surface area (Å²) in [5.41, 5.74) is 1.03. The highest BCUT2D eigenvalue weighted by molar-refractivity contribution is 5.91. The van der Waals surface area contributed by atoms with E-state index >= 15 is 0 Å². The van der Waals surface area contributed by atoms with Crippen LogP contribution in [-0.2, 0) is 14.3 Å². The van der Waals surface area contributed by atoms with Crippen molar-refractivity contribution < 1.29 is 24.5 Å². The zero-order valence-corrected chi connectivity index (χ0v) is 17.3. The molecule has 0 aliphatic heterocycles. The Balaban J connectivity index is 1.65. The highest BCUT2D eigenvalue weighted by Gasteiger charge is 2.63. The molecule has 0 saturated heterocycles. The van der Waals surface area contributed by atoms with Crippen molar-refractivity contribution in [3.63, 3.8) is 0 Å². The summed E-state index contributed by atoms with van der Waals surface area (Å²) in [5, 5.41) is 21.2. The average molecular weight is 391 g/mol. The van der Waals surface area contributed by atoms with Crippen LogP contribution in [0.2, 0.25) is 0 Å². The van der Waals surface area contributed by atoms with Gasteiger partial charge in [-0.1, -0.05) is 19.4 Å². The van der Waals surface area contributed by atoms with Crippen LogP contribution in [0.25, 0.3) is 0 Å². The Morgan fingerprint density at radius 2 is 2.04 bits per heavy atom. The van der Waals surface area contributed by atoms with Crippen molar-refractivity contribution >= 4 is 11.8 Å². The van der Waals surface area contributed by atoms with Gasteiger partial charge in [0.2, 0.25) is 0 Å². The third-order valence-electron chi connectivity index (χ3n) is 8.91. The summed E-state index contributed by atoms with van der Waals surface area (Å²) >= 11 is 0. The zero-order chi connectivity index (χ0) is 20.3. The summed E-state index contributed by atoms with van der Waals surface area (Å²) in [6, 6.07) is 0. The Hall–Kier alpha value is -1.20. The number of ketones is 1. The van der Waals surface area contributed by atoms with Gasteiger partial charge in [0, 0.05) is 19.3 Å². The molecular formula is C23H34O5. The summed E-state index contributed by atoms with van der Waals surface area (Å²) in [7, 11) is 0. The molecule has 5 nitrogen and oxygen atoms in total. The van der Waals surface area contributed by atoms with Gasteiger partial charge in [0.1, 0.15) is 6.10 Å². The van der Waals surface area contributed by atoms with E-state index in [1.54, 1.807) is 0 Å². The monoisotopic (exact) mass is 390 g/mol. The van der Waals surface area contributed by atoms with Crippen LogP contribution in [0.4, 0.5) is 0 Å². The van der Waals surface area contributed by atoms with Crippen molar-refractivity contribution in [1.82, 2.24) is 0 Å². The molecule has 4 rings (SSSR count). The molecule has 0 spiro atoms. The van der Waals surface area contributed by atoms with E-state index in [9.17, 15) is 19.8 Å². The lowest BCUT2D eigenvalue weighted by molar-refractivity contribution is -0.165. The van der Waals surface area contributed by atoms with Gasteiger partial charge in [-0.3, -0.25) is 9.59 Å². The molecule has 0 radical (unpaired) electrons. The molecule has 0 amide bonds. The molecule has 4 aliphatic carbocycles. The number of ether oxygens (including phenoxy) is 1. The van der Waals surface area contributed by atoms with Gasteiger partial charge in [0.05, 0.1) is 12.7 Å². The molecule has 0 unspecified atom stereocenters. The lowest BCUT2D eigenvalue weighted by atomic mass is 9.46. The fraction of sp³-hybridized carbons (Fsp3) is 0.826. The zero-order valence-electron chi connectivity index (χ0n) is 17.3. The maximum atomic E-state index is 12.0. The third-order valence-corrected chi connectivity index (χ3v) is 8.91. The minimum atomic E-state index is -0.488. The molecule has 4 aliphatic rings. The molecule has 0 aromatic heterocycles. The highest BCUT2D eigenvalue weighted by atomic mass is 16.5. The molecule has 8 atom stereocenters. The molecule has 0 heterocycles. The summed E-state index contributed by atoms with van der Waals surface area (Å²) in [5.74, 6) is 1.04. The first-order valence-electron chi connectivity index (χ1n) is 10.9. The van der Waals surface area contributed by atoms with Gasteiger partial charge in [-0.15, -0.1) is 0 Å². The van der Waals surface area contributed by atoms with E-state index in [0.29, 0.717) is 24.7 Å². The largest absolute Gasteiger partial charge is 0.460 e. The summed E-state index contributed by atoms with van der Waals surface area (Å²) < 4.78 is 5.47. The SMILES string of the molecule is CC(=O)O[C@@H](CO)[C@H]1CC[C@H]2[C@@H]3CCC4=CC(=O)CC[C@]4(C)[C@H]3[C@@H](O)C[C@]12C. The van der Waals surface area contributed by atoms with E-state index in [0.717, 1.165) is 32.1 Å². The highest BCUT2D eigenvalue weighted by Crippen LogP contribution is 2.67. The van der Waals surface area contributed by atoms with Crippen molar-refractivity contribution in [2.75, 3.05) is 6.61 Å². The molecule has 156 valence electrons. The molecule has 3 saturated carbocycles. The van der Waals surface area contributed by atoms with Crippen LogP contribution in [-0.4, -0.2) is 40.8 Å². The number of allylic oxidation sites excluding steroid dienone is 1. The molecule has 2 N–H and O–H groups in total. The summed E-state index contributed by atoms with van der Waals surface area (Å²) in [4.78, 5) is 23.5. The maximum Gasteiger partial charge on any atom is 0.302 e. The molecule has 0 aromatic carbocycles. The normalized spacial score (nSPS) is 46.1. The topological polar surface area (TPSA) is 83.8 Å². The number of hydrogen-bond donors (Lipinski definition) is 2. The molecular weight excluding hydrogens is 356 g/mol. The van der Waals surface area contributed by atoms with E-state index in [1.165, 1.54) is 12.5 Å². The number of carbonyl (C=O) groups excluding carboxylic acids is 2. The van der Waals surface area contributed by atoms with Gasteiger partial charge in [-0.25, -0.2) is 0 Å². The van der Waals surface area contributed by atoms with Crippen molar-refractivity contribution in [2.24, 2.45) is 34.5 Å². The Labute approximate surface area is 167 Å². The second kappa shape index (κ2) is 6.94. The lowest BCUT2D eigenvalue weighted by Crippen LogP contribution is -2.57. The standard InChI is InChI=1S/C23H34O5/c1-13(25)28-20(12-24)18-7-6-17-16-5-4-14-10-15(26)8-9-22(14,2)21(16)19(27)11-23(17,18)3/h10,16-21,24,27H,4-9,11-12H2,1-3H3/t16-,17-,18+,19-,20-,21+,22-,23-/m0/s1. The van der Waals surface area contributed by atoms with Crippen LogP contribution in [0.3, 0.4) is 0 Å². The van der Waals surface area contributed by atoms with Crippen molar-refractivity contribution in [1.29, 1.82) is 0 Å². The smallest absolute Gasteiger partial charge is 0.302 e. The van der Waals surface area contributed by atoms with Crippen LogP contribution in [0.5, 0.6) is 0 Å². The van der Waals surface area contributed by atoms with Crippen molar-refractivity contribution in [2.45, 2.75) is 77.9 Å². The lowest BCUT2D eigenvalue weighted by Gasteiger charge is -2.60. The Kier molecular flexibility index (Phi) is 4.98. The quantitative estimate of drug-likeness (QED) is 0.724. The predicted molar refractivity (Wildman–Crippen MR) is 104 cm³/mol. The van der Waals surface area contributed by atoms with E-state index < -0.39 is 12.2 Å². The predicted octanol–water partition coefficient (Wildman–Crippen LogP) is 3.03. The number of esters is 1. The van der Waals surface area contributed by atoms with E-state index in [1.807, 2.05) is 6.08 Å². The molecule has 0 bridgehead atoms. The first kappa shape index (κ1) is 20.1. The maximum absolute atomic E-state index is 12.0. The summed E-state index contributed by atoms with van der Waals surface area (Å²) in [6.45, 7) is 5.72. The third kappa shape index (κ3) is 2.88. The van der Waals surface area contributed by atoms with Gasteiger partial charge in [-0.2, -0.15) is 0 Å². The fourth-order valence-electron chi connectivity index (χ4n) is 7.80. The Bertz CT molecular complexity index is 699. The number of aliphatic hydroxyl groups is 2. The first-order chi connectivity index (χ1) is 13.2. The van der Waals surface area contributed by atoms with Crippen LogP contribution >= 0.6 is 0 Å². The van der Waals surface area contributed by atoms with Crippen molar-refractivity contribution in [3.05, 3.63) is 11.6 Å². The van der Waals surface area contributed by atoms with Gasteiger partial charge in [0.25, 0.3) is 0 Å². The Morgan fingerprint density at radius 1 is 1.29 bits per heavy atom. The first-order valence-corrected chi connectivity index (χ1v) is 10.9. The van der Waals surface area contributed by atoms with Gasteiger partial charge >= 0.3 is 5.97 Å². The molecule has 0 aromatic rings. The second-order valence-corrected chi connectivity index (χ2v) is 10.2. The molecule has 28 heavy (non-hydrogen) atoms. The van der Waals surface area contributed by atoms with Gasteiger partial charge in [-0.05, 0) is 73.2 Å². The molecule has 5 heteroatoms. The summed E-state index contributed by atoms with van der Waals surface area (Å²) in [6.07, 6.45) is 6.99. The van der Waals surface area contributed by atoms with E-state index in [-0.39, 0.29) is 41.0 Å². The number of rotatable bonds is 3. The number of fused-ring (bicyclic) bond motifs is 5. The van der Waals surface area contributed by atoms with Crippen LogP contribution in [0, 0.1) is 34.5 Å². The molecule has 3 fully saturated rings. The number of carbonyl (C=O) groups is 2. The Morgan fingerprint density at radius 3 is 2.71 bits per heavy atom. The van der Waals surface area contributed by atoms with Crippen LogP contribution in [0.15, 0.2) is 11.6 Å². The number of hydrogen-bond acceptors (Lipinski definition) is 5. The van der Waals surface area contributed by atoms with Crippen LogP contribution in [0.1, 0.15) is 65.7 Å². The minimum absolute atomic E-state index is 0.0814. The number of aliphatic hydroxyl groups excluding tert-OH is 2. The fourth-order valence-corrected chi connectivity index (χ4v) is 7.80. The average Bonchev–Trinajstić information content (AvgIpc) is 2.96. The second-order valence-electron chi connectivity index (χ2n) is 10.2. The van der Waals surface area contributed by atoms with Crippen molar-refractivity contribution in [3.8, 4) is 0 Å². The van der Waals surface area contributed by atoms with E-state index in [4.69, 9.17) is 4.74 Å². The van der Waals surface area contributed by atoms with Gasteiger partial charge in [0.15, 0.2) is 5.78 Å². The van der Waals surface area contributed by atoms with Gasteiger partial charge < -0.3 is 14.9 Å².